The van der Waals surface area contributed by atoms with Gasteiger partial charge in [0.2, 0.25) is 0 Å². The first-order chi connectivity index (χ1) is 18.5. The maximum absolute atomic E-state index is 11.8. The molecule has 0 saturated heterocycles. The van der Waals surface area contributed by atoms with Crippen LogP contribution in [0.1, 0.15) is 100 Å². The van der Waals surface area contributed by atoms with Gasteiger partial charge in [0.05, 0.1) is 12.5 Å². The van der Waals surface area contributed by atoms with Gasteiger partial charge in [0.1, 0.15) is 12.3 Å². The van der Waals surface area contributed by atoms with Crippen LogP contribution in [0.4, 0.5) is 0 Å². The molecule has 0 aliphatic heterocycles. The van der Waals surface area contributed by atoms with E-state index >= 15 is 0 Å². The Balaban J connectivity index is 0.00000127. The number of carbonyl (C=O) groups is 1. The van der Waals surface area contributed by atoms with Crippen LogP contribution in [-0.2, 0) is 9.63 Å². The molecule has 4 aliphatic rings. The van der Waals surface area contributed by atoms with E-state index in [0.717, 1.165) is 37.8 Å². The van der Waals surface area contributed by atoms with Gasteiger partial charge in [-0.05, 0) is 67.9 Å². The van der Waals surface area contributed by atoms with Gasteiger partial charge in [-0.15, -0.1) is 0 Å². The molecule has 0 aromatic heterocycles. The van der Waals surface area contributed by atoms with E-state index in [2.05, 4.69) is 45.0 Å². The minimum Gasteiger partial charge on any atom is -0.481 e. The summed E-state index contributed by atoms with van der Waals surface area (Å²) >= 11 is 0. The Bertz CT molecular complexity index is 970. The van der Waals surface area contributed by atoms with E-state index in [4.69, 9.17) is 15.0 Å². The number of aliphatic hydroxyl groups excluding tert-OH is 1. The monoisotopic (exact) mass is 545 g/mol. The first-order valence-corrected chi connectivity index (χ1v) is 15.2. The molecule has 7 atom stereocenters. The number of carboxylic acids is 1. The average Bonchev–Trinajstić information content (AvgIpc) is 3.17. The van der Waals surface area contributed by atoms with Crippen LogP contribution >= 0.6 is 0 Å². The van der Waals surface area contributed by atoms with Gasteiger partial charge in [0, 0.05) is 36.6 Å². The third-order valence-electron chi connectivity index (χ3n) is 9.98. The fraction of sp³-hybridized carbons (Fsp3) is 0.781. The first kappa shape index (κ1) is 33.1. The van der Waals surface area contributed by atoms with E-state index in [0.29, 0.717) is 11.8 Å². The zero-order valence-corrected chi connectivity index (χ0v) is 26.3. The Labute approximate surface area is 237 Å². The van der Waals surface area contributed by atoms with Gasteiger partial charge in [-0.2, -0.15) is 5.10 Å². The van der Waals surface area contributed by atoms with Gasteiger partial charge in [0.25, 0.3) is 0 Å². The molecular weight excluding hydrogens is 490 g/mol. The number of allylic oxidation sites excluding steroid dienone is 4. The van der Waals surface area contributed by atoms with Crippen molar-refractivity contribution < 1.29 is 19.8 Å². The average molecular weight is 546 g/mol. The van der Waals surface area contributed by atoms with Crippen molar-refractivity contribution >= 4 is 17.4 Å². The molecule has 4 rings (SSSR count). The Morgan fingerprint density at radius 1 is 1.15 bits per heavy atom. The summed E-state index contributed by atoms with van der Waals surface area (Å²) in [5, 5.41) is 31.6. The van der Waals surface area contributed by atoms with E-state index in [1.807, 2.05) is 52.9 Å². The van der Waals surface area contributed by atoms with E-state index in [1.165, 1.54) is 17.7 Å². The van der Waals surface area contributed by atoms with Crippen molar-refractivity contribution in [1.82, 2.24) is 5.01 Å². The number of aliphatic hydroxyl groups is 1. The Kier molecular flexibility index (Phi) is 11.4. The largest absolute Gasteiger partial charge is 0.481 e. The molecule has 0 spiro atoms. The Hall–Kier alpha value is -2.15. The van der Waals surface area contributed by atoms with Gasteiger partial charge in [-0.25, -0.2) is 0 Å². The minimum absolute atomic E-state index is 0.00478. The standard InChI is InChI=1S/C28H43N3O4.2C2H6/c1-7-23(29-31(5)6)27(3)14-11-21-20-9-8-18-16-19(30-35-15-12-24(33)34)10-13-26(18,2)25(20)22(32)17-28(21,27)4;2*1-2/h10,13,16,20-22,25,32H,7-9,11-12,14-15,17H2,1-6H3,(H,33,34);2*1-2H3/b29-23+,30-19+;;/t20?,21?,22?,25?,26?,27-,28?;;/m1../s1. The predicted octanol–water partition coefficient (Wildman–Crippen LogP) is 6.93. The Morgan fingerprint density at radius 3 is 2.41 bits per heavy atom. The van der Waals surface area contributed by atoms with Gasteiger partial charge in [-0.3, -0.25) is 4.79 Å². The molecule has 222 valence electrons. The van der Waals surface area contributed by atoms with Gasteiger partial charge >= 0.3 is 5.97 Å². The molecule has 0 aromatic rings. The highest BCUT2D eigenvalue weighted by molar-refractivity contribution is 6.05. The molecule has 2 N–H and O–H groups in total. The maximum Gasteiger partial charge on any atom is 0.306 e. The van der Waals surface area contributed by atoms with Crippen molar-refractivity contribution in [1.29, 1.82) is 0 Å². The van der Waals surface area contributed by atoms with Crippen LogP contribution in [0.5, 0.6) is 0 Å². The van der Waals surface area contributed by atoms with Crippen LogP contribution < -0.4 is 0 Å². The highest BCUT2D eigenvalue weighted by Gasteiger charge is 2.65. The molecule has 39 heavy (non-hydrogen) atoms. The molecule has 0 bridgehead atoms. The number of carboxylic acid groups (broad SMARTS) is 1. The van der Waals surface area contributed by atoms with Crippen LogP contribution in [0.15, 0.2) is 34.1 Å². The van der Waals surface area contributed by atoms with E-state index in [9.17, 15) is 9.90 Å². The first-order valence-electron chi connectivity index (χ1n) is 15.2. The molecule has 0 radical (unpaired) electrons. The molecule has 7 heteroatoms. The van der Waals surface area contributed by atoms with Crippen molar-refractivity contribution in [3.05, 3.63) is 23.8 Å². The molecule has 6 unspecified atom stereocenters. The van der Waals surface area contributed by atoms with Crippen molar-refractivity contribution in [2.75, 3.05) is 20.7 Å². The summed E-state index contributed by atoms with van der Waals surface area (Å²) in [7, 11) is 4.00. The number of aliphatic carboxylic acids is 1. The lowest BCUT2D eigenvalue weighted by Crippen LogP contribution is -2.58. The summed E-state index contributed by atoms with van der Waals surface area (Å²) in [6, 6.07) is 0. The number of hydrazone groups is 1. The highest BCUT2D eigenvalue weighted by atomic mass is 16.6. The van der Waals surface area contributed by atoms with Crippen molar-refractivity contribution in [3.63, 3.8) is 0 Å². The van der Waals surface area contributed by atoms with Crippen LogP contribution in [0.25, 0.3) is 0 Å². The highest BCUT2D eigenvalue weighted by Crippen LogP contribution is 2.69. The van der Waals surface area contributed by atoms with Crippen molar-refractivity contribution in [2.24, 2.45) is 44.3 Å². The summed E-state index contributed by atoms with van der Waals surface area (Å²) in [6.45, 7) is 17.4. The van der Waals surface area contributed by atoms with Gasteiger partial charge in [0.15, 0.2) is 0 Å². The smallest absolute Gasteiger partial charge is 0.306 e. The summed E-state index contributed by atoms with van der Waals surface area (Å²) in [6.07, 6.45) is 12.0. The van der Waals surface area contributed by atoms with Gasteiger partial charge < -0.3 is 20.1 Å². The van der Waals surface area contributed by atoms with E-state index in [-0.39, 0.29) is 41.3 Å². The summed E-state index contributed by atoms with van der Waals surface area (Å²) in [5.41, 5.74) is 3.11. The second-order valence-electron chi connectivity index (χ2n) is 11.9. The molecule has 0 amide bonds. The van der Waals surface area contributed by atoms with Crippen LogP contribution in [0.2, 0.25) is 0 Å². The number of hydrogen-bond acceptors (Lipinski definition) is 6. The normalized spacial score (nSPS) is 37.7. The lowest BCUT2D eigenvalue weighted by atomic mass is 9.45. The molecule has 3 fully saturated rings. The van der Waals surface area contributed by atoms with Gasteiger partial charge in [-0.1, -0.05) is 72.2 Å². The fourth-order valence-corrected chi connectivity index (χ4v) is 8.18. The lowest BCUT2D eigenvalue weighted by Gasteiger charge is -2.60. The number of rotatable bonds is 7. The zero-order chi connectivity index (χ0) is 29.6. The third-order valence-corrected chi connectivity index (χ3v) is 9.98. The Morgan fingerprint density at radius 2 is 1.82 bits per heavy atom. The van der Waals surface area contributed by atoms with Crippen LogP contribution in [0.3, 0.4) is 0 Å². The molecule has 4 aliphatic carbocycles. The third kappa shape index (κ3) is 6.13. The molecular formula is C32H55N3O4. The number of fused-ring (bicyclic) bond motifs is 5. The maximum atomic E-state index is 11.8. The summed E-state index contributed by atoms with van der Waals surface area (Å²) in [4.78, 5) is 15.9. The molecule has 3 saturated carbocycles. The number of hydrogen-bond donors (Lipinski definition) is 2. The van der Waals surface area contributed by atoms with Crippen LogP contribution in [0, 0.1) is 34.0 Å². The molecule has 0 aromatic carbocycles. The van der Waals surface area contributed by atoms with Crippen molar-refractivity contribution in [2.45, 2.75) is 106 Å². The predicted molar refractivity (Wildman–Crippen MR) is 161 cm³/mol. The number of nitrogens with zero attached hydrogens (tertiary/aromatic N) is 3. The lowest BCUT2D eigenvalue weighted by molar-refractivity contribution is -0.138. The minimum atomic E-state index is -0.894. The molecule has 7 nitrogen and oxygen atoms in total. The second-order valence-corrected chi connectivity index (χ2v) is 11.9. The second kappa shape index (κ2) is 13.5. The molecule has 0 heterocycles. The van der Waals surface area contributed by atoms with Crippen LogP contribution in [-0.4, -0.2) is 59.4 Å². The quantitative estimate of drug-likeness (QED) is 0.205. The van der Waals surface area contributed by atoms with Crippen molar-refractivity contribution in [3.8, 4) is 0 Å². The zero-order valence-electron chi connectivity index (χ0n) is 26.3. The SMILES string of the molecule is CC.CC.CC/C(=N\N(C)C)[C@@]1(C)CCC2C3CCC4=C/C(=N/OCCC(=O)O)C=CC4(C)C3C(O)CC21C. The van der Waals surface area contributed by atoms with E-state index in [1.54, 1.807) is 0 Å². The fourth-order valence-electron chi connectivity index (χ4n) is 8.18. The summed E-state index contributed by atoms with van der Waals surface area (Å²) < 4.78 is 0. The summed E-state index contributed by atoms with van der Waals surface area (Å²) in [5.74, 6) is 0.333. The van der Waals surface area contributed by atoms with E-state index < -0.39 is 5.97 Å². The topological polar surface area (TPSA) is 94.7 Å². The number of oxime groups is 1.